The molecule has 4 nitrogen and oxygen atoms in total. The highest BCUT2D eigenvalue weighted by Crippen LogP contribution is 2.43. The number of carbonyl (C=O) groups excluding carboxylic acids is 1. The molecule has 0 aromatic heterocycles. The van der Waals surface area contributed by atoms with E-state index in [0.29, 0.717) is 13.0 Å². The highest BCUT2D eigenvalue weighted by molar-refractivity contribution is 5.75. The van der Waals surface area contributed by atoms with Gasteiger partial charge in [-0.1, -0.05) is 0 Å². The first kappa shape index (κ1) is 10.2. The van der Waals surface area contributed by atoms with Gasteiger partial charge in [-0.3, -0.25) is 4.79 Å². The van der Waals surface area contributed by atoms with E-state index in [0.717, 1.165) is 12.0 Å². The molecule has 1 atom stereocenters. The zero-order chi connectivity index (χ0) is 11.8. The largest absolute Gasteiger partial charge is 0.497 e. The molecule has 0 saturated heterocycles. The van der Waals surface area contributed by atoms with Crippen molar-refractivity contribution in [2.24, 2.45) is 11.7 Å². The lowest BCUT2D eigenvalue weighted by atomic mass is 9.96. The first-order valence-corrected chi connectivity index (χ1v) is 5.71. The van der Waals surface area contributed by atoms with Gasteiger partial charge in [0.05, 0.1) is 6.26 Å². The molecule has 1 aliphatic carbocycles. The molecule has 3 N–H and O–H groups in total. The average molecular weight is 230 g/mol. The number of nitrogens with one attached hydrogen (secondary N) is 1. The minimum atomic E-state index is -0.252. The highest BCUT2D eigenvalue weighted by Gasteiger charge is 2.33. The van der Waals surface area contributed by atoms with Crippen molar-refractivity contribution in [1.29, 1.82) is 0 Å². The van der Waals surface area contributed by atoms with E-state index in [-0.39, 0.29) is 11.8 Å². The molecule has 0 radical (unpaired) electrons. The first-order chi connectivity index (χ1) is 8.25. The summed E-state index contributed by atoms with van der Waals surface area (Å²) in [7, 11) is 0. The monoisotopic (exact) mass is 230 g/mol. The number of amides is 1. The minimum Gasteiger partial charge on any atom is -0.497 e. The van der Waals surface area contributed by atoms with Crippen LogP contribution in [0, 0.1) is 5.92 Å². The van der Waals surface area contributed by atoms with Gasteiger partial charge in [0.2, 0.25) is 5.91 Å². The Bertz CT molecular complexity index is 498. The van der Waals surface area contributed by atoms with Gasteiger partial charge in [-0.15, -0.1) is 0 Å². The third-order valence-electron chi connectivity index (χ3n) is 3.42. The zero-order valence-electron chi connectivity index (χ0n) is 9.40. The fourth-order valence-electron chi connectivity index (χ4n) is 2.73. The van der Waals surface area contributed by atoms with Crippen molar-refractivity contribution in [3.63, 3.8) is 0 Å². The van der Waals surface area contributed by atoms with Crippen LogP contribution in [-0.2, 0) is 9.53 Å². The van der Waals surface area contributed by atoms with Gasteiger partial charge in [0.25, 0.3) is 0 Å². The summed E-state index contributed by atoms with van der Waals surface area (Å²) >= 11 is 0. The molecule has 3 aliphatic rings. The standard InChI is InChI=1S/C13H14N2O2/c14-12(16)4-9-3-10-6-15-5-8-1-2-17-7-11(9)13(8)10/h1-2,5-6,9,15H,3-4,7H2,(H2,14,16)/t9-/m1/s1. The van der Waals surface area contributed by atoms with E-state index in [9.17, 15) is 4.79 Å². The Labute approximate surface area is 99.5 Å². The number of carbonyl (C=O) groups is 1. The average Bonchev–Trinajstić information content (AvgIpc) is 2.49. The maximum atomic E-state index is 11.1. The normalized spacial score (nSPS) is 25.3. The van der Waals surface area contributed by atoms with Gasteiger partial charge < -0.3 is 15.8 Å². The lowest BCUT2D eigenvalue weighted by Crippen LogP contribution is -2.17. The number of ether oxygens (including phenoxy) is 1. The van der Waals surface area contributed by atoms with Gasteiger partial charge in [0.15, 0.2) is 0 Å². The molecule has 0 aromatic carbocycles. The van der Waals surface area contributed by atoms with Gasteiger partial charge in [-0.05, 0) is 35.1 Å². The fourth-order valence-corrected chi connectivity index (χ4v) is 2.73. The molecular weight excluding hydrogens is 216 g/mol. The Morgan fingerprint density at radius 1 is 1.53 bits per heavy atom. The second kappa shape index (κ2) is 3.80. The van der Waals surface area contributed by atoms with E-state index < -0.39 is 0 Å². The molecule has 0 spiro atoms. The molecule has 3 rings (SSSR count). The molecule has 0 saturated carbocycles. The van der Waals surface area contributed by atoms with Crippen LogP contribution in [0.1, 0.15) is 12.8 Å². The van der Waals surface area contributed by atoms with Crippen LogP contribution in [0.25, 0.3) is 0 Å². The van der Waals surface area contributed by atoms with E-state index in [1.807, 2.05) is 18.5 Å². The van der Waals surface area contributed by atoms with Gasteiger partial charge in [-0.2, -0.15) is 0 Å². The number of dihydropyridines is 1. The molecule has 0 fully saturated rings. The van der Waals surface area contributed by atoms with Gasteiger partial charge in [0.1, 0.15) is 6.61 Å². The Kier molecular flexibility index (Phi) is 2.28. The molecule has 1 amide bonds. The van der Waals surface area contributed by atoms with Crippen LogP contribution in [0.2, 0.25) is 0 Å². The van der Waals surface area contributed by atoms with E-state index in [1.165, 1.54) is 16.7 Å². The fraction of sp³-hybridized carbons (Fsp3) is 0.308. The van der Waals surface area contributed by atoms with Crippen LogP contribution < -0.4 is 11.1 Å². The maximum absolute atomic E-state index is 11.1. The third kappa shape index (κ3) is 1.65. The van der Waals surface area contributed by atoms with E-state index in [4.69, 9.17) is 10.5 Å². The van der Waals surface area contributed by atoms with Crippen molar-refractivity contribution in [3.05, 3.63) is 47.0 Å². The summed E-state index contributed by atoms with van der Waals surface area (Å²) in [6.45, 7) is 0.554. The summed E-state index contributed by atoms with van der Waals surface area (Å²) in [6.07, 6.45) is 8.88. The lowest BCUT2D eigenvalue weighted by molar-refractivity contribution is -0.118. The van der Waals surface area contributed by atoms with E-state index in [1.54, 1.807) is 6.26 Å². The number of allylic oxidation sites excluding steroid dienone is 4. The summed E-state index contributed by atoms with van der Waals surface area (Å²) in [5, 5.41) is 3.13. The quantitative estimate of drug-likeness (QED) is 0.746. The molecular formula is C13H14N2O2. The number of hydrogen-bond acceptors (Lipinski definition) is 3. The molecule has 0 bridgehead atoms. The summed E-state index contributed by atoms with van der Waals surface area (Å²) in [5.74, 6) is -0.0602. The third-order valence-corrected chi connectivity index (χ3v) is 3.42. The molecule has 0 unspecified atom stereocenters. The van der Waals surface area contributed by atoms with E-state index >= 15 is 0 Å². The van der Waals surface area contributed by atoms with Crippen molar-refractivity contribution in [2.45, 2.75) is 12.8 Å². The molecule has 2 heterocycles. The second-order valence-corrected chi connectivity index (χ2v) is 4.52. The van der Waals surface area contributed by atoms with Crippen molar-refractivity contribution < 1.29 is 9.53 Å². The minimum absolute atomic E-state index is 0.192. The highest BCUT2D eigenvalue weighted by atomic mass is 16.5. The Balaban J connectivity index is 2.02. The smallest absolute Gasteiger partial charge is 0.218 e. The van der Waals surface area contributed by atoms with Crippen molar-refractivity contribution >= 4 is 5.91 Å². The second-order valence-electron chi connectivity index (χ2n) is 4.52. The topological polar surface area (TPSA) is 64.4 Å². The Hall–Kier alpha value is -1.97. The van der Waals surface area contributed by atoms with Crippen LogP contribution in [-0.4, -0.2) is 12.5 Å². The molecule has 0 aromatic rings. The van der Waals surface area contributed by atoms with E-state index in [2.05, 4.69) is 5.32 Å². The van der Waals surface area contributed by atoms with Gasteiger partial charge in [-0.25, -0.2) is 0 Å². The molecule has 17 heavy (non-hydrogen) atoms. The number of primary amides is 1. The van der Waals surface area contributed by atoms with Crippen LogP contribution in [0.15, 0.2) is 47.0 Å². The number of rotatable bonds is 2. The van der Waals surface area contributed by atoms with Crippen LogP contribution in [0.3, 0.4) is 0 Å². The lowest BCUT2D eigenvalue weighted by Gasteiger charge is -2.12. The summed E-state index contributed by atoms with van der Waals surface area (Å²) in [4.78, 5) is 11.1. The van der Waals surface area contributed by atoms with Crippen molar-refractivity contribution in [3.8, 4) is 0 Å². The SMILES string of the molecule is NC(=O)C[C@H]1CC2=CNC=C3C=COCC1=C32. The summed E-state index contributed by atoms with van der Waals surface area (Å²) < 4.78 is 5.44. The predicted octanol–water partition coefficient (Wildman–Crippen LogP) is 1.09. The Morgan fingerprint density at radius 2 is 2.41 bits per heavy atom. The number of hydrogen-bond donors (Lipinski definition) is 2. The molecule has 88 valence electrons. The van der Waals surface area contributed by atoms with Crippen LogP contribution >= 0.6 is 0 Å². The Morgan fingerprint density at radius 3 is 3.24 bits per heavy atom. The zero-order valence-corrected chi connectivity index (χ0v) is 9.40. The summed E-state index contributed by atoms with van der Waals surface area (Å²) in [5.41, 5.74) is 10.1. The maximum Gasteiger partial charge on any atom is 0.218 e. The van der Waals surface area contributed by atoms with Crippen LogP contribution in [0.5, 0.6) is 0 Å². The molecule has 2 aliphatic heterocycles. The van der Waals surface area contributed by atoms with Gasteiger partial charge in [0, 0.05) is 24.4 Å². The molecule has 4 heteroatoms. The van der Waals surface area contributed by atoms with Crippen molar-refractivity contribution in [2.75, 3.05) is 6.61 Å². The van der Waals surface area contributed by atoms with Gasteiger partial charge >= 0.3 is 0 Å². The summed E-state index contributed by atoms with van der Waals surface area (Å²) in [6, 6.07) is 0. The van der Waals surface area contributed by atoms with Crippen LogP contribution in [0.4, 0.5) is 0 Å². The number of nitrogens with two attached hydrogens (primary N) is 1. The first-order valence-electron chi connectivity index (χ1n) is 5.71. The predicted molar refractivity (Wildman–Crippen MR) is 63.3 cm³/mol. The van der Waals surface area contributed by atoms with Crippen molar-refractivity contribution in [1.82, 2.24) is 5.32 Å².